The molecule has 3 unspecified atom stereocenters. The van der Waals surface area contributed by atoms with E-state index in [4.69, 9.17) is 9.47 Å². The molecule has 6 nitrogen and oxygen atoms in total. The monoisotopic (exact) mass is 330 g/mol. The number of hydrogen-bond acceptors (Lipinski definition) is 5. The Morgan fingerprint density at radius 1 is 1.21 bits per heavy atom. The molecule has 1 aromatic carbocycles. The minimum absolute atomic E-state index is 0.0752. The van der Waals surface area contributed by atoms with Crippen LogP contribution in [-0.2, 0) is 4.79 Å². The van der Waals surface area contributed by atoms with Crippen LogP contribution in [0.15, 0.2) is 18.2 Å². The summed E-state index contributed by atoms with van der Waals surface area (Å²) >= 11 is 0. The van der Waals surface area contributed by atoms with Crippen LogP contribution in [-0.4, -0.2) is 37.4 Å². The molecule has 2 aliphatic rings. The summed E-state index contributed by atoms with van der Waals surface area (Å²) in [6, 6.07) is 8.33. The lowest BCUT2D eigenvalue weighted by Crippen LogP contribution is -2.45. The molecule has 2 aliphatic heterocycles. The number of benzene rings is 1. The first-order valence-electron chi connectivity index (χ1n) is 8.21. The molecule has 3 atom stereocenters. The van der Waals surface area contributed by atoms with Gasteiger partial charge in [-0.05, 0) is 31.6 Å². The molecule has 0 aliphatic carbocycles. The summed E-state index contributed by atoms with van der Waals surface area (Å²) in [6.07, 6.45) is 3.53. The highest BCUT2D eigenvalue weighted by Crippen LogP contribution is 2.45. The van der Waals surface area contributed by atoms with Crippen LogP contribution in [0.2, 0.25) is 0 Å². The Labute approximate surface area is 141 Å². The lowest BCUT2D eigenvalue weighted by Gasteiger charge is -2.41. The number of aliphatic carboxylic acids is 1. The molecule has 2 fully saturated rings. The summed E-state index contributed by atoms with van der Waals surface area (Å²) in [5.74, 6) is -0.500. The fourth-order valence-corrected chi connectivity index (χ4v) is 4.22. The third-order valence-corrected chi connectivity index (χ3v) is 5.28. The average Bonchev–Trinajstić information content (AvgIpc) is 2.85. The highest BCUT2D eigenvalue weighted by Gasteiger charge is 2.44. The molecule has 6 heteroatoms. The fraction of sp³-hybridized carbons (Fsp3) is 0.556. The van der Waals surface area contributed by atoms with Crippen LogP contribution in [0.4, 0.5) is 5.69 Å². The number of carboxylic acids is 1. The predicted molar refractivity (Wildman–Crippen MR) is 88.3 cm³/mol. The van der Waals surface area contributed by atoms with Crippen LogP contribution >= 0.6 is 0 Å². The lowest BCUT2D eigenvalue weighted by atomic mass is 9.81. The van der Waals surface area contributed by atoms with E-state index in [0.717, 1.165) is 42.9 Å². The zero-order chi connectivity index (χ0) is 17.3. The van der Waals surface area contributed by atoms with Gasteiger partial charge in [-0.2, -0.15) is 5.26 Å². The van der Waals surface area contributed by atoms with Crippen molar-refractivity contribution in [1.29, 1.82) is 5.26 Å². The van der Waals surface area contributed by atoms with Gasteiger partial charge in [-0.1, -0.05) is 0 Å². The first-order chi connectivity index (χ1) is 11.6. The molecule has 0 spiro atoms. The molecule has 0 amide bonds. The Hall–Kier alpha value is -2.42. The van der Waals surface area contributed by atoms with Gasteiger partial charge in [0.15, 0.2) is 0 Å². The van der Waals surface area contributed by atoms with Crippen molar-refractivity contribution in [3.8, 4) is 17.6 Å². The number of carboxylic acid groups (broad SMARTS) is 1. The van der Waals surface area contributed by atoms with Gasteiger partial charge in [0.25, 0.3) is 0 Å². The number of fused-ring (bicyclic) bond motifs is 2. The van der Waals surface area contributed by atoms with Crippen molar-refractivity contribution in [3.05, 3.63) is 18.2 Å². The van der Waals surface area contributed by atoms with Gasteiger partial charge in [0.2, 0.25) is 0 Å². The minimum Gasteiger partial charge on any atom is -0.497 e. The summed E-state index contributed by atoms with van der Waals surface area (Å²) in [7, 11) is 3.26. The van der Waals surface area contributed by atoms with Crippen molar-refractivity contribution in [2.75, 3.05) is 19.1 Å². The molecule has 3 rings (SSSR count). The third-order valence-electron chi connectivity index (χ3n) is 5.28. The van der Waals surface area contributed by atoms with Crippen molar-refractivity contribution in [1.82, 2.24) is 0 Å². The summed E-state index contributed by atoms with van der Waals surface area (Å²) in [5, 5.41) is 18.5. The van der Waals surface area contributed by atoms with Gasteiger partial charge in [0.1, 0.15) is 17.4 Å². The molecule has 1 N–H and O–H groups in total. The quantitative estimate of drug-likeness (QED) is 0.894. The molecule has 2 heterocycles. The Morgan fingerprint density at radius 2 is 1.75 bits per heavy atom. The Bertz CT molecular complexity index is 633. The summed E-state index contributed by atoms with van der Waals surface area (Å²) in [5.41, 5.74) is 1.04. The first kappa shape index (κ1) is 16.4. The topological polar surface area (TPSA) is 82.8 Å². The SMILES string of the molecule is COc1cc(OC)cc(N2C3CCC2CC(C(C#N)C(=O)O)C3)c1. The Balaban J connectivity index is 1.86. The number of nitrogens with zero attached hydrogens (tertiary/aromatic N) is 2. The molecule has 2 saturated heterocycles. The predicted octanol–water partition coefficient (Wildman–Crippen LogP) is 2.68. The maximum absolute atomic E-state index is 11.3. The number of nitriles is 1. The first-order valence-corrected chi connectivity index (χ1v) is 8.21. The molecular formula is C18H22N2O4. The minimum atomic E-state index is -1.00. The average molecular weight is 330 g/mol. The highest BCUT2D eigenvalue weighted by molar-refractivity contribution is 5.73. The summed E-state index contributed by atoms with van der Waals surface area (Å²) in [4.78, 5) is 13.7. The van der Waals surface area contributed by atoms with Gasteiger partial charge in [-0.3, -0.25) is 4.79 Å². The van der Waals surface area contributed by atoms with Gasteiger partial charge in [0, 0.05) is 36.0 Å². The molecule has 24 heavy (non-hydrogen) atoms. The number of anilines is 1. The van der Waals surface area contributed by atoms with E-state index >= 15 is 0 Å². The second kappa shape index (κ2) is 6.60. The molecular weight excluding hydrogens is 308 g/mol. The van der Waals surface area contributed by atoms with Gasteiger partial charge in [-0.25, -0.2) is 0 Å². The normalized spacial score (nSPS) is 26.5. The number of rotatable bonds is 5. The molecule has 0 aromatic heterocycles. The van der Waals surface area contributed by atoms with E-state index in [1.807, 2.05) is 24.3 Å². The second-order valence-electron chi connectivity index (χ2n) is 6.54. The van der Waals surface area contributed by atoms with Crippen molar-refractivity contribution in [3.63, 3.8) is 0 Å². The largest absolute Gasteiger partial charge is 0.497 e. The van der Waals surface area contributed by atoms with Crippen molar-refractivity contribution in [2.45, 2.75) is 37.8 Å². The highest BCUT2D eigenvalue weighted by atomic mass is 16.5. The Kier molecular flexibility index (Phi) is 4.52. The van der Waals surface area contributed by atoms with Gasteiger partial charge < -0.3 is 19.5 Å². The van der Waals surface area contributed by atoms with Gasteiger partial charge in [-0.15, -0.1) is 0 Å². The molecule has 128 valence electrons. The summed E-state index contributed by atoms with van der Waals surface area (Å²) in [6.45, 7) is 0. The van der Waals surface area contributed by atoms with E-state index in [1.54, 1.807) is 14.2 Å². The van der Waals surface area contributed by atoms with Crippen LogP contribution in [0.1, 0.15) is 25.7 Å². The fourth-order valence-electron chi connectivity index (χ4n) is 4.22. The smallest absolute Gasteiger partial charge is 0.321 e. The van der Waals surface area contributed by atoms with E-state index in [-0.39, 0.29) is 18.0 Å². The maximum Gasteiger partial charge on any atom is 0.321 e. The van der Waals surface area contributed by atoms with Crippen LogP contribution in [0.3, 0.4) is 0 Å². The van der Waals surface area contributed by atoms with Crippen molar-refractivity contribution >= 4 is 11.7 Å². The Morgan fingerprint density at radius 3 is 2.17 bits per heavy atom. The van der Waals surface area contributed by atoms with E-state index in [2.05, 4.69) is 4.90 Å². The standard InChI is InChI=1S/C18H22N2O4/c1-23-15-7-14(8-16(9-15)24-2)20-12-3-4-13(20)6-11(5-12)17(10-19)18(21)22/h7-9,11-13,17H,3-6H2,1-2H3,(H,21,22). The zero-order valence-electron chi connectivity index (χ0n) is 13.9. The number of piperidine rings is 1. The van der Waals surface area contributed by atoms with E-state index in [1.165, 1.54) is 0 Å². The molecule has 1 aromatic rings. The van der Waals surface area contributed by atoms with Crippen LogP contribution in [0.25, 0.3) is 0 Å². The van der Waals surface area contributed by atoms with Gasteiger partial charge in [0.05, 0.1) is 20.3 Å². The second-order valence-corrected chi connectivity index (χ2v) is 6.54. The van der Waals surface area contributed by atoms with E-state index < -0.39 is 11.9 Å². The van der Waals surface area contributed by atoms with Crippen molar-refractivity contribution in [2.24, 2.45) is 11.8 Å². The van der Waals surface area contributed by atoms with E-state index in [9.17, 15) is 15.2 Å². The molecule has 0 radical (unpaired) electrons. The number of ether oxygens (including phenoxy) is 2. The van der Waals surface area contributed by atoms with Crippen LogP contribution < -0.4 is 14.4 Å². The molecule has 2 bridgehead atoms. The number of hydrogen-bond donors (Lipinski definition) is 1. The van der Waals surface area contributed by atoms with Crippen LogP contribution in [0, 0.1) is 23.2 Å². The maximum atomic E-state index is 11.3. The van der Waals surface area contributed by atoms with Gasteiger partial charge >= 0.3 is 5.97 Å². The number of carbonyl (C=O) groups is 1. The van der Waals surface area contributed by atoms with E-state index in [0.29, 0.717) is 0 Å². The lowest BCUT2D eigenvalue weighted by molar-refractivity contribution is -0.141. The van der Waals surface area contributed by atoms with Crippen molar-refractivity contribution < 1.29 is 19.4 Å². The molecule has 0 saturated carbocycles. The van der Waals surface area contributed by atoms with Crippen LogP contribution in [0.5, 0.6) is 11.5 Å². The summed E-state index contributed by atoms with van der Waals surface area (Å²) < 4.78 is 10.7. The third kappa shape index (κ3) is 2.86. The zero-order valence-corrected chi connectivity index (χ0v) is 13.9. The number of methoxy groups -OCH3 is 2.